The van der Waals surface area contributed by atoms with Crippen LogP contribution < -0.4 is 5.32 Å². The van der Waals surface area contributed by atoms with Crippen LogP contribution in [0.4, 0.5) is 0 Å². The fourth-order valence-electron chi connectivity index (χ4n) is 8.53. The number of aliphatic hydroxyl groups is 3. The van der Waals surface area contributed by atoms with Gasteiger partial charge in [-0.05, 0) is 60.9 Å². The molecular formula is C41H87N2O5+. The first-order chi connectivity index (χ1) is 23.0. The molecule has 5 unspecified atom stereocenters. The minimum Gasteiger partial charge on any atom is -0.390 e. The Morgan fingerprint density at radius 2 is 0.812 bits per heavy atom. The van der Waals surface area contributed by atoms with Gasteiger partial charge in [0.1, 0.15) is 12.2 Å². The average Bonchev–Trinajstić information content (AvgIpc) is 3.05. The predicted molar refractivity (Wildman–Crippen MR) is 205 cm³/mol. The molecule has 5 atom stereocenters. The second-order valence-electron chi connectivity index (χ2n) is 14.9. The van der Waals surface area contributed by atoms with Crippen molar-refractivity contribution < 1.29 is 29.3 Å². The fourth-order valence-corrected chi connectivity index (χ4v) is 8.53. The zero-order chi connectivity index (χ0) is 36.3. The minimum atomic E-state index is -1.51. The van der Waals surface area contributed by atoms with Gasteiger partial charge in [-0.3, -0.25) is 5.32 Å². The molecule has 0 spiro atoms. The van der Waals surface area contributed by atoms with Crippen LogP contribution in [0.2, 0.25) is 0 Å². The molecule has 0 saturated carbocycles. The molecular weight excluding hydrogens is 600 g/mol. The molecule has 7 nitrogen and oxygen atoms in total. The predicted octanol–water partition coefficient (Wildman–Crippen LogP) is 9.29. The van der Waals surface area contributed by atoms with Crippen molar-refractivity contribution in [2.45, 2.75) is 226 Å². The van der Waals surface area contributed by atoms with Gasteiger partial charge in [-0.25, -0.2) is 0 Å². The molecule has 0 radical (unpaired) electrons. The number of ether oxygens (including phenoxy) is 2. The van der Waals surface area contributed by atoms with Gasteiger partial charge in [0.15, 0.2) is 11.3 Å². The third kappa shape index (κ3) is 15.5. The van der Waals surface area contributed by atoms with Crippen molar-refractivity contribution in [1.29, 1.82) is 0 Å². The first-order valence-corrected chi connectivity index (χ1v) is 21.0. The topological polar surface area (TPSA) is 91.2 Å². The maximum Gasteiger partial charge on any atom is 0.199 e. The number of unbranched alkanes of at least 4 members (excludes halogenated alkanes) is 18. The Kier molecular flexibility index (Phi) is 28.2. The van der Waals surface area contributed by atoms with E-state index in [1.54, 1.807) is 13.8 Å². The van der Waals surface area contributed by atoms with Gasteiger partial charge in [-0.2, -0.15) is 0 Å². The molecule has 0 saturated heterocycles. The standard InChI is InChI=1S/C41H87N2O5/c1-10-16-18-20-22-24-26-28-30-32-34-47-38(36(7)44)41(40(9,46)42-12-3,43(13-4,14-5)15-6)39(37(8)45)48-35-33-31-29-27-25-23-21-19-17-11-2/h36-39,42,44-46H,10-35H2,1-9H3/q+1. The van der Waals surface area contributed by atoms with E-state index in [1.165, 1.54) is 103 Å². The first kappa shape index (κ1) is 47.7. The van der Waals surface area contributed by atoms with Gasteiger partial charge in [-0.1, -0.05) is 136 Å². The minimum absolute atomic E-state index is 0.439. The van der Waals surface area contributed by atoms with Crippen molar-refractivity contribution >= 4 is 0 Å². The van der Waals surface area contributed by atoms with E-state index >= 15 is 0 Å². The number of nitrogens with zero attached hydrogens (tertiary/aromatic N) is 1. The van der Waals surface area contributed by atoms with Crippen molar-refractivity contribution in [3.8, 4) is 0 Å². The molecule has 48 heavy (non-hydrogen) atoms. The Balaban J connectivity index is 5.99. The summed E-state index contributed by atoms with van der Waals surface area (Å²) in [6, 6.07) is 0. The highest BCUT2D eigenvalue weighted by atomic mass is 16.5. The van der Waals surface area contributed by atoms with E-state index in [9.17, 15) is 15.3 Å². The lowest BCUT2D eigenvalue weighted by molar-refractivity contribution is -0.989. The van der Waals surface area contributed by atoms with Gasteiger partial charge in [0.25, 0.3) is 0 Å². The van der Waals surface area contributed by atoms with E-state index in [4.69, 9.17) is 9.47 Å². The molecule has 0 heterocycles. The maximum absolute atomic E-state index is 12.6. The molecule has 0 fully saturated rings. The monoisotopic (exact) mass is 688 g/mol. The highest BCUT2D eigenvalue weighted by molar-refractivity contribution is 5.11. The zero-order valence-corrected chi connectivity index (χ0v) is 33.8. The van der Waals surface area contributed by atoms with E-state index in [0.717, 1.165) is 25.7 Å². The van der Waals surface area contributed by atoms with E-state index < -0.39 is 35.7 Å². The second kappa shape index (κ2) is 28.3. The number of aliphatic hydroxyl groups excluding tert-OH is 2. The number of rotatable bonds is 35. The lowest BCUT2D eigenvalue weighted by Crippen LogP contribution is -2.88. The fraction of sp³-hybridized carbons (Fsp3) is 1.00. The smallest absolute Gasteiger partial charge is 0.199 e. The molecule has 0 aromatic rings. The molecule has 0 aromatic heterocycles. The van der Waals surface area contributed by atoms with Gasteiger partial charge < -0.3 is 29.3 Å². The molecule has 0 rings (SSSR count). The molecule has 0 bridgehead atoms. The summed E-state index contributed by atoms with van der Waals surface area (Å²) in [6.07, 6.45) is 21.5. The van der Waals surface area contributed by atoms with Crippen LogP contribution in [0.1, 0.15) is 191 Å². The number of hydrogen-bond acceptors (Lipinski definition) is 6. The van der Waals surface area contributed by atoms with Gasteiger partial charge in [0.05, 0.1) is 31.8 Å². The molecule has 0 aliphatic rings. The van der Waals surface area contributed by atoms with Crippen LogP contribution in [0, 0.1) is 0 Å². The lowest BCUT2D eigenvalue weighted by Gasteiger charge is -2.63. The highest BCUT2D eigenvalue weighted by Gasteiger charge is 2.71. The van der Waals surface area contributed by atoms with Crippen molar-refractivity contribution in [3.05, 3.63) is 0 Å². The van der Waals surface area contributed by atoms with E-state index in [2.05, 4.69) is 39.9 Å². The van der Waals surface area contributed by atoms with E-state index in [1.807, 2.05) is 13.8 Å². The lowest BCUT2D eigenvalue weighted by atomic mass is 9.69. The van der Waals surface area contributed by atoms with Crippen molar-refractivity contribution in [2.24, 2.45) is 0 Å². The number of hydrogen-bond donors (Lipinski definition) is 4. The number of likely N-dealkylation sites (N-methyl/N-ethyl adjacent to an activating group) is 2. The number of nitrogens with one attached hydrogen (secondary N) is 1. The Hall–Kier alpha value is -0.280. The van der Waals surface area contributed by atoms with Crippen LogP contribution >= 0.6 is 0 Å². The molecule has 0 aliphatic heterocycles. The quantitative estimate of drug-likeness (QED) is 0.0302. The van der Waals surface area contributed by atoms with E-state index in [0.29, 0.717) is 43.9 Å². The summed E-state index contributed by atoms with van der Waals surface area (Å²) in [4.78, 5) is 0. The van der Waals surface area contributed by atoms with Crippen LogP contribution in [0.3, 0.4) is 0 Å². The second-order valence-corrected chi connectivity index (χ2v) is 14.9. The number of quaternary nitrogens is 1. The Bertz CT molecular complexity index is 667. The summed E-state index contributed by atoms with van der Waals surface area (Å²) < 4.78 is 14.0. The molecule has 0 aromatic carbocycles. The van der Waals surface area contributed by atoms with Gasteiger partial charge in [0.2, 0.25) is 0 Å². The van der Waals surface area contributed by atoms with Crippen molar-refractivity contribution in [3.63, 3.8) is 0 Å². The summed E-state index contributed by atoms with van der Waals surface area (Å²) in [5.41, 5.74) is -2.71. The molecule has 0 amide bonds. The zero-order valence-electron chi connectivity index (χ0n) is 33.8. The summed E-state index contributed by atoms with van der Waals surface area (Å²) in [5, 5.41) is 39.2. The molecule has 0 aliphatic carbocycles. The Labute approximate surface area is 299 Å². The molecule has 4 N–H and O–H groups in total. The highest BCUT2D eigenvalue weighted by Crippen LogP contribution is 2.45. The summed E-state index contributed by atoms with van der Waals surface area (Å²) >= 11 is 0. The average molecular weight is 688 g/mol. The van der Waals surface area contributed by atoms with Crippen molar-refractivity contribution in [1.82, 2.24) is 5.32 Å². The van der Waals surface area contributed by atoms with Crippen LogP contribution in [0.5, 0.6) is 0 Å². The van der Waals surface area contributed by atoms with Crippen LogP contribution in [-0.4, -0.2) is 94.9 Å². The third-order valence-corrected chi connectivity index (χ3v) is 11.2. The van der Waals surface area contributed by atoms with Crippen molar-refractivity contribution in [2.75, 3.05) is 39.4 Å². The largest absolute Gasteiger partial charge is 0.390 e. The normalized spacial score (nSPS) is 17.5. The van der Waals surface area contributed by atoms with Crippen LogP contribution in [-0.2, 0) is 9.47 Å². The van der Waals surface area contributed by atoms with Crippen LogP contribution in [0.25, 0.3) is 0 Å². The maximum atomic E-state index is 12.6. The Morgan fingerprint density at radius 1 is 0.521 bits per heavy atom. The van der Waals surface area contributed by atoms with Gasteiger partial charge >= 0.3 is 0 Å². The SMILES string of the molecule is CCCCCCCCCCCCOC(C(C)O)C(C(OCCCCCCCCCCCC)C(C)O)(C(C)(O)NCC)[N+](CC)(CC)CC. The Morgan fingerprint density at radius 3 is 1.06 bits per heavy atom. The van der Waals surface area contributed by atoms with Gasteiger partial charge in [-0.15, -0.1) is 0 Å². The molecule has 290 valence electrons. The van der Waals surface area contributed by atoms with Crippen LogP contribution in [0.15, 0.2) is 0 Å². The third-order valence-electron chi connectivity index (χ3n) is 11.2. The summed E-state index contributed by atoms with van der Waals surface area (Å²) in [6.45, 7) is 21.9. The van der Waals surface area contributed by atoms with Gasteiger partial charge in [0, 0.05) is 13.2 Å². The first-order valence-electron chi connectivity index (χ1n) is 21.0. The van der Waals surface area contributed by atoms with E-state index in [-0.39, 0.29) is 0 Å². The summed E-state index contributed by atoms with van der Waals surface area (Å²) in [5.74, 6) is 0. The summed E-state index contributed by atoms with van der Waals surface area (Å²) in [7, 11) is 0. The molecule has 7 heteroatoms.